The van der Waals surface area contributed by atoms with Crippen LogP contribution in [0.4, 0.5) is 10.5 Å². The second-order valence-corrected chi connectivity index (χ2v) is 8.54. The zero-order chi connectivity index (χ0) is 23.7. The third kappa shape index (κ3) is 4.17. The molecule has 1 saturated heterocycles. The molecular formula is C26H23N3O5. The number of rotatable bonds is 6. The van der Waals surface area contributed by atoms with Gasteiger partial charge in [0.1, 0.15) is 5.54 Å². The summed E-state index contributed by atoms with van der Waals surface area (Å²) in [5.74, 6) is 0.759. The lowest BCUT2D eigenvalue weighted by Gasteiger charge is -2.22. The standard InChI is InChI=1S/C26H23N3O5/c1-26(14-18-9-12-21-22(13-18)34-16-33-21)24(31)29(25(32)28-26)15-17-7-10-19(11-8-17)23(30)27-20-5-3-2-4-6-20/h2-13H,14-16H2,1H3,(H,27,30)(H,28,32)/t26-/m1/s1. The molecule has 3 aromatic rings. The number of anilines is 1. The van der Waals surface area contributed by atoms with Crippen molar-refractivity contribution in [1.82, 2.24) is 10.2 Å². The Kier molecular flexibility index (Phi) is 5.41. The van der Waals surface area contributed by atoms with E-state index in [0.717, 1.165) is 11.1 Å². The van der Waals surface area contributed by atoms with E-state index < -0.39 is 11.6 Å². The van der Waals surface area contributed by atoms with Gasteiger partial charge in [0.2, 0.25) is 6.79 Å². The van der Waals surface area contributed by atoms with E-state index in [1.807, 2.05) is 42.5 Å². The zero-order valence-electron chi connectivity index (χ0n) is 18.5. The fourth-order valence-corrected chi connectivity index (χ4v) is 4.14. The van der Waals surface area contributed by atoms with Gasteiger partial charge in [0.05, 0.1) is 6.54 Å². The number of nitrogens with zero attached hydrogens (tertiary/aromatic N) is 1. The number of carbonyl (C=O) groups is 3. The van der Waals surface area contributed by atoms with Gasteiger partial charge in [0, 0.05) is 17.7 Å². The Morgan fingerprint density at radius 1 is 0.971 bits per heavy atom. The molecule has 1 atom stereocenters. The first-order valence-electron chi connectivity index (χ1n) is 10.9. The minimum Gasteiger partial charge on any atom is -0.454 e. The first-order valence-corrected chi connectivity index (χ1v) is 10.9. The molecule has 8 heteroatoms. The van der Waals surface area contributed by atoms with Gasteiger partial charge >= 0.3 is 6.03 Å². The number of carbonyl (C=O) groups excluding carboxylic acids is 3. The smallest absolute Gasteiger partial charge is 0.325 e. The lowest BCUT2D eigenvalue weighted by Crippen LogP contribution is -2.45. The van der Waals surface area contributed by atoms with Gasteiger partial charge in [-0.2, -0.15) is 0 Å². The number of hydrogen-bond acceptors (Lipinski definition) is 5. The van der Waals surface area contributed by atoms with Crippen molar-refractivity contribution >= 4 is 23.5 Å². The third-order valence-corrected chi connectivity index (χ3v) is 5.93. The van der Waals surface area contributed by atoms with Crippen molar-refractivity contribution in [2.24, 2.45) is 0 Å². The molecule has 8 nitrogen and oxygen atoms in total. The minimum absolute atomic E-state index is 0.113. The summed E-state index contributed by atoms with van der Waals surface area (Å²) in [6, 6.07) is 21.1. The molecule has 3 aromatic carbocycles. The van der Waals surface area contributed by atoms with Gasteiger partial charge in [0.15, 0.2) is 11.5 Å². The number of fused-ring (bicyclic) bond motifs is 1. The molecule has 2 N–H and O–H groups in total. The van der Waals surface area contributed by atoms with Crippen LogP contribution < -0.4 is 20.1 Å². The Bertz CT molecular complexity index is 1260. The summed E-state index contributed by atoms with van der Waals surface area (Å²) < 4.78 is 10.7. The number of imide groups is 1. The summed E-state index contributed by atoms with van der Waals surface area (Å²) in [4.78, 5) is 39.5. The van der Waals surface area contributed by atoms with Gasteiger partial charge in [-0.05, 0) is 54.4 Å². The molecule has 2 heterocycles. The van der Waals surface area contributed by atoms with Gasteiger partial charge in [-0.25, -0.2) is 4.79 Å². The third-order valence-electron chi connectivity index (χ3n) is 5.93. The Morgan fingerprint density at radius 3 is 2.44 bits per heavy atom. The Morgan fingerprint density at radius 2 is 1.68 bits per heavy atom. The molecule has 0 aromatic heterocycles. The molecule has 0 unspecified atom stereocenters. The summed E-state index contributed by atoms with van der Waals surface area (Å²) in [6.07, 6.45) is 0.323. The summed E-state index contributed by atoms with van der Waals surface area (Å²) >= 11 is 0. The van der Waals surface area contributed by atoms with Crippen LogP contribution in [-0.2, 0) is 17.8 Å². The molecule has 2 aliphatic heterocycles. The van der Waals surface area contributed by atoms with Gasteiger partial charge in [-0.3, -0.25) is 14.5 Å². The number of amides is 4. The lowest BCUT2D eigenvalue weighted by molar-refractivity contribution is -0.131. The minimum atomic E-state index is -1.07. The van der Waals surface area contributed by atoms with Crippen LogP contribution in [0.3, 0.4) is 0 Å². The highest BCUT2D eigenvalue weighted by molar-refractivity contribution is 6.07. The van der Waals surface area contributed by atoms with E-state index in [1.54, 1.807) is 37.3 Å². The first-order chi connectivity index (χ1) is 16.4. The summed E-state index contributed by atoms with van der Waals surface area (Å²) in [7, 11) is 0. The summed E-state index contributed by atoms with van der Waals surface area (Å²) in [5.41, 5.74) is 1.72. The van der Waals surface area contributed by atoms with Crippen LogP contribution in [0.5, 0.6) is 11.5 Å². The van der Waals surface area contributed by atoms with Crippen LogP contribution in [0.1, 0.15) is 28.4 Å². The Hall–Kier alpha value is -4.33. The van der Waals surface area contributed by atoms with Crippen molar-refractivity contribution in [2.45, 2.75) is 25.4 Å². The van der Waals surface area contributed by atoms with E-state index in [2.05, 4.69) is 10.6 Å². The normalized spacial score (nSPS) is 18.7. The number of ether oxygens (including phenoxy) is 2. The average Bonchev–Trinajstić information content (AvgIpc) is 3.38. The maximum absolute atomic E-state index is 13.2. The molecule has 0 saturated carbocycles. The fraction of sp³-hybridized carbons (Fsp3) is 0.192. The topological polar surface area (TPSA) is 97.0 Å². The van der Waals surface area contributed by atoms with Gasteiger partial charge < -0.3 is 20.1 Å². The van der Waals surface area contributed by atoms with Crippen LogP contribution >= 0.6 is 0 Å². The van der Waals surface area contributed by atoms with Crippen LogP contribution in [0.15, 0.2) is 72.8 Å². The van der Waals surface area contributed by atoms with E-state index in [-0.39, 0.29) is 25.2 Å². The molecule has 5 rings (SSSR count). The highest BCUT2D eigenvalue weighted by Gasteiger charge is 2.47. The number of nitrogens with one attached hydrogen (secondary N) is 2. The molecule has 172 valence electrons. The second kappa shape index (κ2) is 8.55. The van der Waals surface area contributed by atoms with Crippen molar-refractivity contribution in [1.29, 1.82) is 0 Å². The summed E-state index contributed by atoms with van der Waals surface area (Å²) in [5, 5.41) is 5.65. The number of hydrogen-bond donors (Lipinski definition) is 2. The number of urea groups is 1. The monoisotopic (exact) mass is 457 g/mol. The predicted molar refractivity (Wildman–Crippen MR) is 125 cm³/mol. The van der Waals surface area contributed by atoms with Crippen LogP contribution in [0, 0.1) is 0 Å². The van der Waals surface area contributed by atoms with Gasteiger partial charge in [-0.1, -0.05) is 36.4 Å². The molecule has 0 radical (unpaired) electrons. The van der Waals surface area contributed by atoms with Gasteiger partial charge in [0.25, 0.3) is 11.8 Å². The Balaban J connectivity index is 1.25. The maximum Gasteiger partial charge on any atom is 0.325 e. The van der Waals surface area contributed by atoms with Crippen LogP contribution in [-0.4, -0.2) is 35.1 Å². The molecule has 0 bridgehead atoms. The second-order valence-electron chi connectivity index (χ2n) is 8.54. The molecule has 0 aliphatic carbocycles. The molecule has 2 aliphatic rings. The average molecular weight is 457 g/mol. The lowest BCUT2D eigenvalue weighted by atomic mass is 9.92. The molecule has 1 fully saturated rings. The quantitative estimate of drug-likeness (QED) is 0.550. The molecular weight excluding hydrogens is 434 g/mol. The van der Waals surface area contributed by atoms with Crippen molar-refractivity contribution in [3.05, 3.63) is 89.5 Å². The first kappa shape index (κ1) is 21.5. The van der Waals surface area contributed by atoms with Crippen LogP contribution in [0.25, 0.3) is 0 Å². The Labute approximate surface area is 196 Å². The van der Waals surface area contributed by atoms with E-state index in [0.29, 0.717) is 29.2 Å². The van der Waals surface area contributed by atoms with E-state index in [4.69, 9.17) is 9.47 Å². The van der Waals surface area contributed by atoms with Crippen molar-refractivity contribution in [3.8, 4) is 11.5 Å². The fourth-order valence-electron chi connectivity index (χ4n) is 4.14. The highest BCUT2D eigenvalue weighted by Crippen LogP contribution is 2.34. The van der Waals surface area contributed by atoms with Crippen molar-refractivity contribution < 1.29 is 23.9 Å². The van der Waals surface area contributed by atoms with Crippen LogP contribution in [0.2, 0.25) is 0 Å². The molecule has 4 amide bonds. The van der Waals surface area contributed by atoms with E-state index in [9.17, 15) is 14.4 Å². The number of para-hydroxylation sites is 1. The van der Waals surface area contributed by atoms with E-state index in [1.165, 1.54) is 4.90 Å². The zero-order valence-corrected chi connectivity index (χ0v) is 18.5. The molecule has 0 spiro atoms. The van der Waals surface area contributed by atoms with Crippen molar-refractivity contribution in [2.75, 3.05) is 12.1 Å². The van der Waals surface area contributed by atoms with Gasteiger partial charge in [-0.15, -0.1) is 0 Å². The number of benzene rings is 3. The predicted octanol–water partition coefficient (Wildman–Crippen LogP) is 3.72. The SMILES string of the molecule is C[C@]1(Cc2ccc3c(c2)OCO3)NC(=O)N(Cc2ccc(C(=O)Nc3ccccc3)cc2)C1=O. The van der Waals surface area contributed by atoms with Crippen molar-refractivity contribution in [3.63, 3.8) is 0 Å². The largest absolute Gasteiger partial charge is 0.454 e. The summed E-state index contributed by atoms with van der Waals surface area (Å²) in [6.45, 7) is 2.00. The van der Waals surface area contributed by atoms with E-state index >= 15 is 0 Å². The maximum atomic E-state index is 13.2. The highest BCUT2D eigenvalue weighted by atomic mass is 16.7. The molecule has 34 heavy (non-hydrogen) atoms.